The van der Waals surface area contributed by atoms with E-state index in [-0.39, 0.29) is 13.2 Å². The number of hydrogen-bond donors (Lipinski definition) is 6. The molecule has 0 saturated heterocycles. The number of aliphatic hydroxyl groups is 4. The predicted octanol–water partition coefficient (Wildman–Crippen LogP) is 1.13. The van der Waals surface area contributed by atoms with Gasteiger partial charge >= 0.3 is 0 Å². The maximum absolute atomic E-state index is 10.5. The highest BCUT2D eigenvalue weighted by Gasteiger charge is 2.41. The van der Waals surface area contributed by atoms with Crippen LogP contribution in [-0.2, 0) is 11.3 Å². The van der Waals surface area contributed by atoms with Crippen molar-refractivity contribution in [2.75, 3.05) is 37.5 Å². The van der Waals surface area contributed by atoms with E-state index >= 15 is 0 Å². The highest BCUT2D eigenvalue weighted by atomic mass is 32.1. The predicted molar refractivity (Wildman–Crippen MR) is 126 cm³/mol. The topological polar surface area (TPSA) is 153 Å². The van der Waals surface area contributed by atoms with Crippen LogP contribution < -0.4 is 10.6 Å². The molecule has 0 bridgehead atoms. The van der Waals surface area contributed by atoms with Crippen LogP contribution in [0.25, 0.3) is 20.8 Å². The number of thiazole rings is 1. The number of methoxy groups -OCH3 is 1. The lowest BCUT2D eigenvalue weighted by Crippen LogP contribution is -2.35. The van der Waals surface area contributed by atoms with E-state index in [1.165, 1.54) is 11.3 Å². The number of aromatic nitrogens is 3. The zero-order chi connectivity index (χ0) is 23.5. The van der Waals surface area contributed by atoms with Gasteiger partial charge in [0.1, 0.15) is 16.9 Å². The minimum Gasteiger partial charge on any atom is -0.396 e. The van der Waals surface area contributed by atoms with Crippen molar-refractivity contribution < 1.29 is 25.2 Å². The summed E-state index contributed by atoms with van der Waals surface area (Å²) in [7, 11) is 1.61. The van der Waals surface area contributed by atoms with Crippen molar-refractivity contribution in [3.8, 4) is 10.6 Å². The van der Waals surface area contributed by atoms with Crippen LogP contribution in [0, 0.1) is 12.8 Å². The molecule has 2 aromatic heterocycles. The van der Waals surface area contributed by atoms with Gasteiger partial charge in [0, 0.05) is 26.2 Å². The molecule has 11 heteroatoms. The number of anilines is 2. The van der Waals surface area contributed by atoms with Gasteiger partial charge in [0.2, 0.25) is 5.95 Å². The van der Waals surface area contributed by atoms with E-state index in [1.807, 2.05) is 25.1 Å². The average molecular weight is 476 g/mol. The summed E-state index contributed by atoms with van der Waals surface area (Å²) in [6.07, 6.45) is -1.66. The Balaban J connectivity index is 1.74. The van der Waals surface area contributed by atoms with Crippen LogP contribution in [-0.4, -0.2) is 80.5 Å². The summed E-state index contributed by atoms with van der Waals surface area (Å²) in [4.78, 5) is 14.0. The van der Waals surface area contributed by atoms with Crippen molar-refractivity contribution in [2.45, 2.75) is 38.2 Å². The molecule has 2 heterocycles. The van der Waals surface area contributed by atoms with Gasteiger partial charge < -0.3 is 35.8 Å². The Morgan fingerprint density at radius 3 is 2.67 bits per heavy atom. The summed E-state index contributed by atoms with van der Waals surface area (Å²) in [6.45, 7) is 2.61. The number of aryl methyl sites for hydroxylation is 1. The lowest BCUT2D eigenvalue weighted by atomic mass is 10.1. The number of ether oxygens (including phenoxy) is 1. The third-order valence-corrected chi connectivity index (χ3v) is 6.94. The Morgan fingerprint density at radius 2 is 1.97 bits per heavy atom. The summed E-state index contributed by atoms with van der Waals surface area (Å²) in [5.74, 6) is 0.479. The van der Waals surface area contributed by atoms with E-state index in [1.54, 1.807) is 7.11 Å². The van der Waals surface area contributed by atoms with E-state index in [0.29, 0.717) is 47.6 Å². The zero-order valence-corrected chi connectivity index (χ0v) is 19.3. The normalized spacial score (nSPS) is 22.7. The lowest BCUT2D eigenvalue weighted by Gasteiger charge is -2.21. The minimum absolute atomic E-state index is 0.0620. The Kier molecular flexibility index (Phi) is 7.37. The first-order valence-electron chi connectivity index (χ1n) is 10.8. The minimum atomic E-state index is -1.04. The first-order chi connectivity index (χ1) is 15.9. The number of hydrogen-bond acceptors (Lipinski definition) is 11. The van der Waals surface area contributed by atoms with Crippen LogP contribution in [0.3, 0.4) is 0 Å². The molecule has 4 rings (SSSR count). The smallest absolute Gasteiger partial charge is 0.224 e. The molecule has 10 nitrogen and oxygen atoms in total. The molecule has 0 aliphatic heterocycles. The monoisotopic (exact) mass is 475 g/mol. The van der Waals surface area contributed by atoms with Crippen molar-refractivity contribution in [2.24, 2.45) is 5.92 Å². The van der Waals surface area contributed by atoms with Crippen LogP contribution >= 0.6 is 11.3 Å². The van der Waals surface area contributed by atoms with Gasteiger partial charge in [-0.05, 0) is 31.0 Å². The molecule has 1 fully saturated rings. The Hall–Kier alpha value is -2.41. The standard InChI is InChI=1S/C22H29N5O5S/c1-11-17(21-26-14-7-12(9-28)3-4-16(14)33-21)20(27-22(24-11)23-5-6-32-2)25-15-8-13(10-29)18(30)19(15)31/h3-4,7,13,15,18-19,28-31H,5-6,8-10H2,1-2H3,(H2,23,24,25,27)/t13-,15-,18-,19+/m1/s1. The Labute approximate surface area is 195 Å². The summed E-state index contributed by atoms with van der Waals surface area (Å²) in [5, 5.41) is 46.9. The fourth-order valence-corrected chi connectivity index (χ4v) is 5.12. The van der Waals surface area contributed by atoms with E-state index in [2.05, 4.69) is 20.6 Å². The summed E-state index contributed by atoms with van der Waals surface area (Å²) in [5.41, 5.74) is 2.95. The van der Waals surface area contributed by atoms with Gasteiger partial charge in [-0.3, -0.25) is 0 Å². The molecular weight excluding hydrogens is 446 g/mol. The Bertz CT molecular complexity index is 1110. The van der Waals surface area contributed by atoms with Gasteiger partial charge in [-0.2, -0.15) is 4.98 Å². The Morgan fingerprint density at radius 1 is 1.15 bits per heavy atom. The highest BCUT2D eigenvalue weighted by molar-refractivity contribution is 7.21. The second-order valence-electron chi connectivity index (χ2n) is 8.17. The molecular formula is C22H29N5O5S. The molecule has 0 unspecified atom stereocenters. The first kappa shape index (κ1) is 23.7. The fraction of sp³-hybridized carbons (Fsp3) is 0.500. The molecule has 4 atom stereocenters. The van der Waals surface area contributed by atoms with Gasteiger partial charge in [0.25, 0.3) is 0 Å². The third-order valence-electron chi connectivity index (χ3n) is 5.89. The zero-order valence-electron chi connectivity index (χ0n) is 18.5. The van der Waals surface area contributed by atoms with Crippen LogP contribution in [0.5, 0.6) is 0 Å². The van der Waals surface area contributed by atoms with Gasteiger partial charge in [0.15, 0.2) is 0 Å². The number of aliphatic hydroxyl groups excluding tert-OH is 4. The lowest BCUT2D eigenvalue weighted by molar-refractivity contribution is 0.00446. The summed E-state index contributed by atoms with van der Waals surface area (Å²) in [6, 6.07) is 5.14. The molecule has 178 valence electrons. The molecule has 3 aromatic rings. The second-order valence-corrected chi connectivity index (χ2v) is 9.20. The van der Waals surface area contributed by atoms with Crippen molar-refractivity contribution in [3.63, 3.8) is 0 Å². The molecule has 33 heavy (non-hydrogen) atoms. The van der Waals surface area contributed by atoms with Crippen molar-refractivity contribution >= 4 is 33.3 Å². The largest absolute Gasteiger partial charge is 0.396 e. The molecule has 0 spiro atoms. The number of rotatable bonds is 9. The number of nitrogens with zero attached hydrogens (tertiary/aromatic N) is 3. The highest BCUT2D eigenvalue weighted by Crippen LogP contribution is 2.38. The summed E-state index contributed by atoms with van der Waals surface area (Å²) < 4.78 is 6.05. The van der Waals surface area contributed by atoms with Gasteiger partial charge in [-0.25, -0.2) is 9.97 Å². The van der Waals surface area contributed by atoms with E-state index < -0.39 is 24.2 Å². The molecule has 1 aromatic carbocycles. The fourth-order valence-electron chi connectivity index (χ4n) is 4.08. The third kappa shape index (κ3) is 4.93. The van der Waals surface area contributed by atoms with Gasteiger partial charge in [0.05, 0.1) is 46.8 Å². The molecule has 0 radical (unpaired) electrons. The second kappa shape index (κ2) is 10.2. The van der Waals surface area contributed by atoms with Crippen LogP contribution in [0.4, 0.5) is 11.8 Å². The van der Waals surface area contributed by atoms with E-state index in [9.17, 15) is 20.4 Å². The molecule has 6 N–H and O–H groups in total. The van der Waals surface area contributed by atoms with Crippen LogP contribution in [0.1, 0.15) is 17.7 Å². The molecule has 1 aliphatic rings. The molecule has 1 aliphatic carbocycles. The van der Waals surface area contributed by atoms with Gasteiger partial charge in [-0.15, -0.1) is 11.3 Å². The van der Waals surface area contributed by atoms with Crippen LogP contribution in [0.15, 0.2) is 18.2 Å². The molecule has 1 saturated carbocycles. The number of benzene rings is 1. The number of fused-ring (bicyclic) bond motifs is 1. The maximum Gasteiger partial charge on any atom is 0.224 e. The van der Waals surface area contributed by atoms with Crippen molar-refractivity contribution in [1.82, 2.24) is 15.0 Å². The first-order valence-corrected chi connectivity index (χ1v) is 11.6. The molecule has 0 amide bonds. The number of nitrogens with one attached hydrogen (secondary N) is 2. The summed E-state index contributed by atoms with van der Waals surface area (Å²) >= 11 is 1.48. The maximum atomic E-state index is 10.5. The van der Waals surface area contributed by atoms with E-state index in [4.69, 9.17) is 9.72 Å². The van der Waals surface area contributed by atoms with Crippen molar-refractivity contribution in [1.29, 1.82) is 0 Å². The average Bonchev–Trinajstić information content (AvgIpc) is 3.34. The SMILES string of the molecule is COCCNc1nc(C)c(-c2nc3cc(CO)ccc3s2)c(N[C@@H]2C[C@H](CO)[C@@H](O)[C@H]2O)n1. The quantitative estimate of drug-likeness (QED) is 0.248. The van der Waals surface area contributed by atoms with Gasteiger partial charge in [-0.1, -0.05) is 6.07 Å². The van der Waals surface area contributed by atoms with Crippen molar-refractivity contribution in [3.05, 3.63) is 29.5 Å². The van der Waals surface area contributed by atoms with E-state index in [0.717, 1.165) is 15.8 Å². The van der Waals surface area contributed by atoms with Crippen LogP contribution in [0.2, 0.25) is 0 Å².